The lowest BCUT2D eigenvalue weighted by Crippen LogP contribution is -2.41. The maximum atomic E-state index is 12.5. The number of hydrogen-bond donors (Lipinski definition) is 0. The molecule has 2 heterocycles. The van der Waals surface area contributed by atoms with E-state index in [4.69, 9.17) is 4.74 Å². The molecule has 1 aromatic heterocycles. The van der Waals surface area contributed by atoms with E-state index >= 15 is 0 Å². The smallest absolute Gasteiger partial charge is 0.227 e. The molecule has 116 valence electrons. The Hall–Kier alpha value is -2.14. The topological polar surface area (TPSA) is 47.4 Å². The molecular weight excluding hydrogens is 278 g/mol. The van der Waals surface area contributed by atoms with Crippen LogP contribution >= 0.6 is 0 Å². The molecule has 0 spiro atoms. The van der Waals surface area contributed by atoms with Crippen LogP contribution < -0.4 is 0 Å². The molecular formula is C17H21N3O2. The Kier molecular flexibility index (Phi) is 4.24. The van der Waals surface area contributed by atoms with Crippen LogP contribution in [0.1, 0.15) is 17.0 Å². The van der Waals surface area contributed by atoms with E-state index in [1.165, 1.54) is 0 Å². The molecule has 3 rings (SSSR count). The molecule has 0 aliphatic carbocycles. The number of nitrogens with zero attached hydrogens (tertiary/aromatic N) is 3. The van der Waals surface area contributed by atoms with Gasteiger partial charge in [0, 0.05) is 24.3 Å². The Labute approximate surface area is 130 Å². The summed E-state index contributed by atoms with van der Waals surface area (Å²) in [5.41, 5.74) is 4.00. The van der Waals surface area contributed by atoms with Crippen molar-refractivity contribution >= 4 is 5.91 Å². The normalized spacial score (nSPS) is 15.1. The summed E-state index contributed by atoms with van der Waals surface area (Å²) < 4.78 is 7.21. The molecule has 1 aliphatic heterocycles. The van der Waals surface area contributed by atoms with Gasteiger partial charge in [-0.1, -0.05) is 18.2 Å². The van der Waals surface area contributed by atoms with E-state index in [1.54, 1.807) is 0 Å². The molecule has 1 aromatic carbocycles. The number of benzene rings is 1. The fraction of sp³-hybridized carbons (Fsp3) is 0.412. The monoisotopic (exact) mass is 299 g/mol. The minimum absolute atomic E-state index is 0.155. The lowest BCUT2D eigenvalue weighted by Gasteiger charge is -2.26. The fourth-order valence-electron chi connectivity index (χ4n) is 2.83. The number of morpholine rings is 1. The molecule has 1 fully saturated rings. The first-order chi connectivity index (χ1) is 10.7. The lowest BCUT2D eigenvalue weighted by atomic mass is 10.1. The summed E-state index contributed by atoms with van der Waals surface area (Å²) >= 11 is 0. The SMILES string of the molecule is Cc1nn(-c2ccccc2)c(C)c1CC(=O)N1CCOCC1. The van der Waals surface area contributed by atoms with E-state index < -0.39 is 0 Å². The summed E-state index contributed by atoms with van der Waals surface area (Å²) in [5.74, 6) is 0.155. The number of aromatic nitrogens is 2. The maximum absolute atomic E-state index is 12.5. The molecule has 1 saturated heterocycles. The molecule has 22 heavy (non-hydrogen) atoms. The number of ether oxygens (including phenoxy) is 1. The molecule has 2 aromatic rings. The van der Waals surface area contributed by atoms with E-state index in [0.29, 0.717) is 32.7 Å². The van der Waals surface area contributed by atoms with Gasteiger partial charge in [-0.05, 0) is 26.0 Å². The van der Waals surface area contributed by atoms with Gasteiger partial charge < -0.3 is 9.64 Å². The van der Waals surface area contributed by atoms with E-state index in [9.17, 15) is 4.79 Å². The average Bonchev–Trinajstić information content (AvgIpc) is 2.84. The first-order valence-corrected chi connectivity index (χ1v) is 7.63. The van der Waals surface area contributed by atoms with Crippen LogP contribution in [0.25, 0.3) is 5.69 Å². The third kappa shape index (κ3) is 2.90. The molecule has 5 heteroatoms. The van der Waals surface area contributed by atoms with Crippen molar-refractivity contribution < 1.29 is 9.53 Å². The van der Waals surface area contributed by atoms with Crippen molar-refractivity contribution in [3.8, 4) is 5.69 Å². The van der Waals surface area contributed by atoms with Crippen molar-refractivity contribution in [1.82, 2.24) is 14.7 Å². The Bertz CT molecular complexity index is 658. The summed E-state index contributed by atoms with van der Waals surface area (Å²) in [6, 6.07) is 10.0. The van der Waals surface area contributed by atoms with Gasteiger partial charge in [0.05, 0.1) is 31.0 Å². The van der Waals surface area contributed by atoms with Gasteiger partial charge in [-0.15, -0.1) is 0 Å². The third-order valence-corrected chi connectivity index (χ3v) is 4.13. The predicted molar refractivity (Wildman–Crippen MR) is 84.1 cm³/mol. The standard InChI is InChI=1S/C17H21N3O2/c1-13-16(12-17(21)19-8-10-22-11-9-19)14(2)20(18-13)15-6-4-3-5-7-15/h3-7H,8-12H2,1-2H3. The van der Waals surface area contributed by atoms with Crippen LogP contribution in [-0.2, 0) is 16.0 Å². The molecule has 0 radical (unpaired) electrons. The van der Waals surface area contributed by atoms with Crippen LogP contribution in [0.5, 0.6) is 0 Å². The number of aryl methyl sites for hydroxylation is 1. The highest BCUT2D eigenvalue weighted by Crippen LogP contribution is 2.19. The van der Waals surface area contributed by atoms with Gasteiger partial charge in [-0.25, -0.2) is 4.68 Å². The minimum Gasteiger partial charge on any atom is -0.378 e. The molecule has 0 bridgehead atoms. The quantitative estimate of drug-likeness (QED) is 0.869. The van der Waals surface area contributed by atoms with Gasteiger partial charge >= 0.3 is 0 Å². The van der Waals surface area contributed by atoms with Crippen LogP contribution in [0.3, 0.4) is 0 Å². The summed E-state index contributed by atoms with van der Waals surface area (Å²) in [6.07, 6.45) is 0.407. The van der Waals surface area contributed by atoms with E-state index in [0.717, 1.165) is 22.6 Å². The third-order valence-electron chi connectivity index (χ3n) is 4.13. The van der Waals surface area contributed by atoms with Gasteiger partial charge in [0.2, 0.25) is 5.91 Å². The highest BCUT2D eigenvalue weighted by molar-refractivity contribution is 5.79. The summed E-state index contributed by atoms with van der Waals surface area (Å²) in [4.78, 5) is 14.3. The predicted octanol–water partition coefficient (Wildman–Crippen LogP) is 1.89. The van der Waals surface area contributed by atoms with Crippen LogP contribution in [-0.4, -0.2) is 46.9 Å². The van der Waals surface area contributed by atoms with Gasteiger partial charge in [0.1, 0.15) is 0 Å². The molecule has 0 saturated carbocycles. The molecule has 1 amide bonds. The number of rotatable bonds is 3. The van der Waals surface area contributed by atoms with Crippen molar-refractivity contribution in [2.24, 2.45) is 0 Å². The zero-order valence-corrected chi connectivity index (χ0v) is 13.1. The fourth-order valence-corrected chi connectivity index (χ4v) is 2.83. The molecule has 0 unspecified atom stereocenters. The zero-order valence-electron chi connectivity index (χ0n) is 13.1. The Morgan fingerprint density at radius 3 is 2.55 bits per heavy atom. The van der Waals surface area contributed by atoms with E-state index in [-0.39, 0.29) is 5.91 Å². The van der Waals surface area contributed by atoms with Crippen LogP contribution in [0.4, 0.5) is 0 Å². The number of para-hydroxylation sites is 1. The van der Waals surface area contributed by atoms with Crippen molar-refractivity contribution in [1.29, 1.82) is 0 Å². The highest BCUT2D eigenvalue weighted by Gasteiger charge is 2.21. The zero-order chi connectivity index (χ0) is 15.5. The van der Waals surface area contributed by atoms with Crippen molar-refractivity contribution in [2.45, 2.75) is 20.3 Å². The number of amides is 1. The summed E-state index contributed by atoms with van der Waals surface area (Å²) in [7, 11) is 0. The first kappa shape index (κ1) is 14.8. The van der Waals surface area contributed by atoms with Gasteiger partial charge in [-0.3, -0.25) is 4.79 Å². The summed E-state index contributed by atoms with van der Waals surface area (Å²) in [6.45, 7) is 6.62. The highest BCUT2D eigenvalue weighted by atomic mass is 16.5. The Morgan fingerprint density at radius 1 is 1.18 bits per heavy atom. The number of hydrogen-bond acceptors (Lipinski definition) is 3. The second kappa shape index (κ2) is 6.32. The van der Waals surface area contributed by atoms with E-state index in [2.05, 4.69) is 5.10 Å². The van der Waals surface area contributed by atoms with Crippen LogP contribution in [0, 0.1) is 13.8 Å². The van der Waals surface area contributed by atoms with Crippen molar-refractivity contribution in [2.75, 3.05) is 26.3 Å². The molecule has 5 nitrogen and oxygen atoms in total. The molecule has 0 atom stereocenters. The van der Waals surface area contributed by atoms with Crippen LogP contribution in [0.2, 0.25) is 0 Å². The van der Waals surface area contributed by atoms with Crippen molar-refractivity contribution in [3.05, 3.63) is 47.3 Å². The number of carbonyl (C=O) groups is 1. The lowest BCUT2D eigenvalue weighted by molar-refractivity contribution is -0.134. The largest absolute Gasteiger partial charge is 0.378 e. The van der Waals surface area contributed by atoms with Crippen LogP contribution in [0.15, 0.2) is 30.3 Å². The average molecular weight is 299 g/mol. The maximum Gasteiger partial charge on any atom is 0.227 e. The van der Waals surface area contributed by atoms with Gasteiger partial charge in [-0.2, -0.15) is 5.10 Å². The van der Waals surface area contributed by atoms with Gasteiger partial charge in [0.15, 0.2) is 0 Å². The van der Waals surface area contributed by atoms with Gasteiger partial charge in [0.25, 0.3) is 0 Å². The molecule has 0 N–H and O–H groups in total. The second-order valence-electron chi connectivity index (χ2n) is 5.57. The Balaban J connectivity index is 1.82. The first-order valence-electron chi connectivity index (χ1n) is 7.63. The van der Waals surface area contributed by atoms with Crippen molar-refractivity contribution in [3.63, 3.8) is 0 Å². The second-order valence-corrected chi connectivity index (χ2v) is 5.57. The van der Waals surface area contributed by atoms with E-state index in [1.807, 2.05) is 53.8 Å². The minimum atomic E-state index is 0.155. The number of carbonyl (C=O) groups excluding carboxylic acids is 1. The molecule has 1 aliphatic rings. The summed E-state index contributed by atoms with van der Waals surface area (Å²) in [5, 5.41) is 4.60. The Morgan fingerprint density at radius 2 is 1.86 bits per heavy atom.